The summed E-state index contributed by atoms with van der Waals surface area (Å²) in [4.78, 5) is 24.2. The number of nitrogens with zero attached hydrogens (tertiary/aromatic N) is 1. The summed E-state index contributed by atoms with van der Waals surface area (Å²) in [6.07, 6.45) is 2.81. The molecule has 0 radical (unpaired) electrons. The van der Waals surface area contributed by atoms with E-state index >= 15 is 0 Å². The Morgan fingerprint density at radius 2 is 2.17 bits per heavy atom. The van der Waals surface area contributed by atoms with Crippen LogP contribution in [-0.4, -0.2) is 46.7 Å². The molecule has 0 aromatic carbocycles. The zero-order chi connectivity index (χ0) is 13.8. The van der Waals surface area contributed by atoms with Crippen molar-refractivity contribution >= 4 is 12.4 Å². The second-order valence-corrected chi connectivity index (χ2v) is 5.82. The molecule has 1 unspecified atom stereocenters. The van der Waals surface area contributed by atoms with Gasteiger partial charge in [-0.2, -0.15) is 0 Å². The molecule has 1 rings (SSSR count). The molecule has 1 aliphatic rings. The molecule has 0 saturated carbocycles. The maximum atomic E-state index is 12.1. The van der Waals surface area contributed by atoms with E-state index in [2.05, 4.69) is 0 Å². The van der Waals surface area contributed by atoms with Crippen molar-refractivity contribution < 1.29 is 19.4 Å². The van der Waals surface area contributed by atoms with Crippen LogP contribution in [0, 0.1) is 0 Å². The lowest BCUT2D eigenvalue weighted by Crippen LogP contribution is -2.51. The first-order valence-electron chi connectivity index (χ1n) is 6.40. The van der Waals surface area contributed by atoms with Gasteiger partial charge in [-0.3, -0.25) is 0 Å². The number of hydrogen-bond acceptors (Lipinski definition) is 4. The molecule has 0 aliphatic carbocycles. The molecule has 104 valence electrons. The highest BCUT2D eigenvalue weighted by atomic mass is 16.6. The van der Waals surface area contributed by atoms with Crippen LogP contribution in [0.1, 0.15) is 46.5 Å². The van der Waals surface area contributed by atoms with Gasteiger partial charge < -0.3 is 19.5 Å². The Balaban J connectivity index is 2.78. The van der Waals surface area contributed by atoms with Crippen LogP contribution in [0.5, 0.6) is 0 Å². The number of amides is 1. The van der Waals surface area contributed by atoms with Crippen LogP contribution in [0.25, 0.3) is 0 Å². The maximum Gasteiger partial charge on any atom is 0.410 e. The van der Waals surface area contributed by atoms with Crippen molar-refractivity contribution in [3.05, 3.63) is 0 Å². The molecular weight excluding hydrogens is 234 g/mol. The monoisotopic (exact) mass is 257 g/mol. The molecule has 5 heteroatoms. The van der Waals surface area contributed by atoms with Gasteiger partial charge >= 0.3 is 6.09 Å². The molecule has 0 aromatic rings. The van der Waals surface area contributed by atoms with Crippen LogP contribution in [0.4, 0.5) is 4.79 Å². The molecule has 1 aliphatic heterocycles. The number of aliphatic hydroxyl groups is 1. The van der Waals surface area contributed by atoms with Crippen molar-refractivity contribution in [3.63, 3.8) is 0 Å². The van der Waals surface area contributed by atoms with Gasteiger partial charge in [0.15, 0.2) is 0 Å². The number of carbonyl (C=O) groups excluding carboxylic acids is 2. The summed E-state index contributed by atoms with van der Waals surface area (Å²) >= 11 is 0. The number of carbonyl (C=O) groups is 2. The van der Waals surface area contributed by atoms with Crippen LogP contribution in [-0.2, 0) is 9.53 Å². The Morgan fingerprint density at radius 3 is 2.67 bits per heavy atom. The molecule has 1 fully saturated rings. The summed E-state index contributed by atoms with van der Waals surface area (Å²) in [7, 11) is 0. The van der Waals surface area contributed by atoms with E-state index in [1.807, 2.05) is 20.8 Å². The molecule has 5 nitrogen and oxygen atoms in total. The van der Waals surface area contributed by atoms with Crippen molar-refractivity contribution in [2.24, 2.45) is 0 Å². The first-order valence-corrected chi connectivity index (χ1v) is 6.40. The maximum absolute atomic E-state index is 12.1. The predicted octanol–water partition coefficient (Wildman–Crippen LogP) is 1.73. The van der Waals surface area contributed by atoms with E-state index in [9.17, 15) is 14.7 Å². The van der Waals surface area contributed by atoms with Gasteiger partial charge in [-0.15, -0.1) is 0 Å². The van der Waals surface area contributed by atoms with Crippen LogP contribution in [0.2, 0.25) is 0 Å². The zero-order valence-corrected chi connectivity index (χ0v) is 11.4. The van der Waals surface area contributed by atoms with E-state index in [0.29, 0.717) is 19.4 Å². The van der Waals surface area contributed by atoms with Gasteiger partial charge in [-0.1, -0.05) is 0 Å². The topological polar surface area (TPSA) is 66.8 Å². The predicted molar refractivity (Wildman–Crippen MR) is 67.3 cm³/mol. The lowest BCUT2D eigenvalue weighted by atomic mass is 9.92. The molecule has 18 heavy (non-hydrogen) atoms. The Kier molecular flexibility index (Phi) is 4.73. The van der Waals surface area contributed by atoms with E-state index in [0.717, 1.165) is 19.1 Å². The summed E-state index contributed by atoms with van der Waals surface area (Å²) in [5.74, 6) is 0. The highest BCUT2D eigenvalue weighted by Crippen LogP contribution is 2.34. The highest BCUT2D eigenvalue weighted by Gasteiger charge is 2.44. The summed E-state index contributed by atoms with van der Waals surface area (Å²) in [5.41, 5.74) is -1.17. The summed E-state index contributed by atoms with van der Waals surface area (Å²) in [6.45, 7) is 5.89. The Hall–Kier alpha value is -1.10. The number of ether oxygens (including phenoxy) is 1. The molecular formula is C13H23NO4. The third-order valence-electron chi connectivity index (χ3n) is 3.23. The van der Waals surface area contributed by atoms with Crippen molar-refractivity contribution in [2.45, 2.75) is 57.6 Å². The number of aldehydes is 1. The largest absolute Gasteiger partial charge is 0.444 e. The summed E-state index contributed by atoms with van der Waals surface area (Å²) < 4.78 is 5.35. The number of likely N-dealkylation sites (tertiary alicyclic amines) is 1. The second-order valence-electron chi connectivity index (χ2n) is 5.82. The molecule has 1 amide bonds. The molecule has 1 atom stereocenters. The van der Waals surface area contributed by atoms with Crippen LogP contribution in [0.15, 0.2) is 0 Å². The quantitative estimate of drug-likeness (QED) is 0.779. The van der Waals surface area contributed by atoms with Crippen LogP contribution >= 0.6 is 0 Å². The fourth-order valence-electron chi connectivity index (χ4n) is 2.37. The zero-order valence-electron chi connectivity index (χ0n) is 11.4. The minimum absolute atomic E-state index is 0.125. The minimum Gasteiger partial charge on any atom is -0.444 e. The summed E-state index contributed by atoms with van der Waals surface area (Å²) in [6, 6.07) is 0. The fourth-order valence-corrected chi connectivity index (χ4v) is 2.37. The SMILES string of the molecule is CC(C)(C)OC(=O)N1CCCC1(CO)CCC=O. The van der Waals surface area contributed by atoms with Crippen molar-refractivity contribution in [1.82, 2.24) is 4.90 Å². The number of rotatable bonds is 4. The van der Waals surface area contributed by atoms with E-state index in [-0.39, 0.29) is 6.61 Å². The Bertz CT molecular complexity index is 311. The number of aliphatic hydroxyl groups excluding tert-OH is 1. The molecule has 1 saturated heterocycles. The summed E-state index contributed by atoms with van der Waals surface area (Å²) in [5, 5.41) is 9.60. The average Bonchev–Trinajstić information content (AvgIpc) is 2.68. The van der Waals surface area contributed by atoms with Crippen LogP contribution < -0.4 is 0 Å². The van der Waals surface area contributed by atoms with Gasteiger partial charge in [0.2, 0.25) is 0 Å². The molecule has 0 spiro atoms. The second kappa shape index (κ2) is 5.69. The number of hydrogen-bond donors (Lipinski definition) is 1. The lowest BCUT2D eigenvalue weighted by Gasteiger charge is -2.37. The van der Waals surface area contributed by atoms with Gasteiger partial charge in [0.05, 0.1) is 12.1 Å². The Labute approximate surface area is 108 Å². The van der Waals surface area contributed by atoms with Gasteiger partial charge in [-0.25, -0.2) is 4.79 Å². The van der Waals surface area contributed by atoms with E-state index in [1.165, 1.54) is 0 Å². The molecule has 1 heterocycles. The normalized spacial score (nSPS) is 24.1. The van der Waals surface area contributed by atoms with E-state index in [4.69, 9.17) is 4.74 Å². The van der Waals surface area contributed by atoms with E-state index < -0.39 is 17.2 Å². The molecule has 1 N–H and O–H groups in total. The smallest absolute Gasteiger partial charge is 0.410 e. The standard InChI is InChI=1S/C13H23NO4/c1-12(2,3)18-11(17)14-8-4-6-13(14,10-16)7-5-9-15/h9,16H,4-8,10H2,1-3H3. The van der Waals surface area contributed by atoms with Gasteiger partial charge in [0.25, 0.3) is 0 Å². The van der Waals surface area contributed by atoms with Crippen molar-refractivity contribution in [1.29, 1.82) is 0 Å². The fraction of sp³-hybridized carbons (Fsp3) is 0.846. The highest BCUT2D eigenvalue weighted by molar-refractivity contribution is 5.70. The van der Waals surface area contributed by atoms with Gasteiger partial charge in [0.1, 0.15) is 11.9 Å². The minimum atomic E-state index is -0.622. The Morgan fingerprint density at radius 1 is 1.50 bits per heavy atom. The third-order valence-corrected chi connectivity index (χ3v) is 3.23. The first-order chi connectivity index (χ1) is 8.34. The van der Waals surface area contributed by atoms with Crippen LogP contribution in [0.3, 0.4) is 0 Å². The van der Waals surface area contributed by atoms with Gasteiger partial charge in [-0.05, 0) is 40.0 Å². The van der Waals surface area contributed by atoms with Crippen molar-refractivity contribution in [2.75, 3.05) is 13.2 Å². The average molecular weight is 257 g/mol. The van der Waals surface area contributed by atoms with E-state index in [1.54, 1.807) is 4.90 Å². The third kappa shape index (κ3) is 3.45. The molecule has 0 bridgehead atoms. The lowest BCUT2D eigenvalue weighted by molar-refractivity contribution is -0.108. The van der Waals surface area contributed by atoms with Crippen molar-refractivity contribution in [3.8, 4) is 0 Å². The first kappa shape index (κ1) is 15.0. The molecule has 0 aromatic heterocycles. The van der Waals surface area contributed by atoms with Gasteiger partial charge in [0, 0.05) is 13.0 Å².